The Bertz CT molecular complexity index is 583. The van der Waals surface area contributed by atoms with Crippen LogP contribution in [-0.4, -0.2) is 26.1 Å². The Morgan fingerprint density at radius 1 is 1.39 bits per heavy atom. The summed E-state index contributed by atoms with van der Waals surface area (Å²) in [6, 6.07) is 5.12. The van der Waals surface area contributed by atoms with Gasteiger partial charge in [0, 0.05) is 10.0 Å². The lowest BCUT2D eigenvalue weighted by Crippen LogP contribution is -2.10. The van der Waals surface area contributed by atoms with E-state index < -0.39 is 5.97 Å². The van der Waals surface area contributed by atoms with Crippen LogP contribution in [0.2, 0.25) is 10.0 Å². The van der Waals surface area contributed by atoms with Gasteiger partial charge in [-0.15, -0.1) is 5.10 Å². The van der Waals surface area contributed by atoms with Crippen molar-refractivity contribution in [3.05, 3.63) is 45.7 Å². The first-order chi connectivity index (χ1) is 8.56. The first-order valence-corrected chi connectivity index (χ1v) is 5.85. The molecule has 0 bridgehead atoms. The van der Waals surface area contributed by atoms with E-state index in [1.54, 1.807) is 18.2 Å². The Labute approximate surface area is 113 Å². The SMILES string of the molecule is O=C(O)Cc1cnnn1Cc1ccc(Cl)cc1Cl. The van der Waals surface area contributed by atoms with Crippen LogP contribution in [0.4, 0.5) is 0 Å². The molecular formula is C11H9Cl2N3O2. The first kappa shape index (κ1) is 12.9. The van der Waals surface area contributed by atoms with Gasteiger partial charge in [0.15, 0.2) is 0 Å². The fourth-order valence-corrected chi connectivity index (χ4v) is 1.98. The van der Waals surface area contributed by atoms with E-state index in [0.717, 1.165) is 5.56 Å². The molecule has 1 aromatic carbocycles. The predicted molar refractivity (Wildman–Crippen MR) is 66.9 cm³/mol. The summed E-state index contributed by atoms with van der Waals surface area (Å²) in [7, 11) is 0. The number of rotatable bonds is 4. The van der Waals surface area contributed by atoms with E-state index in [-0.39, 0.29) is 6.42 Å². The van der Waals surface area contributed by atoms with Crippen LogP contribution in [0, 0.1) is 0 Å². The molecule has 0 atom stereocenters. The van der Waals surface area contributed by atoms with Crippen LogP contribution in [0.3, 0.4) is 0 Å². The Balaban J connectivity index is 2.23. The van der Waals surface area contributed by atoms with Crippen molar-refractivity contribution in [2.24, 2.45) is 0 Å². The number of hydrogen-bond donors (Lipinski definition) is 1. The maximum absolute atomic E-state index is 10.7. The average molecular weight is 286 g/mol. The van der Waals surface area contributed by atoms with Gasteiger partial charge in [-0.3, -0.25) is 4.79 Å². The Kier molecular flexibility index (Phi) is 3.84. The molecule has 5 nitrogen and oxygen atoms in total. The molecule has 0 fully saturated rings. The number of nitrogens with zero attached hydrogens (tertiary/aromatic N) is 3. The van der Waals surface area contributed by atoms with E-state index in [0.29, 0.717) is 22.3 Å². The van der Waals surface area contributed by atoms with E-state index in [4.69, 9.17) is 28.3 Å². The summed E-state index contributed by atoms with van der Waals surface area (Å²) in [5.41, 5.74) is 1.33. The monoisotopic (exact) mass is 285 g/mol. The highest BCUT2D eigenvalue weighted by Crippen LogP contribution is 2.21. The van der Waals surface area contributed by atoms with Gasteiger partial charge in [-0.25, -0.2) is 4.68 Å². The fourth-order valence-electron chi connectivity index (χ4n) is 1.52. The minimum Gasteiger partial charge on any atom is -0.481 e. The molecule has 1 heterocycles. The minimum atomic E-state index is -0.930. The largest absolute Gasteiger partial charge is 0.481 e. The second-order valence-electron chi connectivity index (χ2n) is 3.69. The van der Waals surface area contributed by atoms with E-state index >= 15 is 0 Å². The topological polar surface area (TPSA) is 68.0 Å². The highest BCUT2D eigenvalue weighted by Gasteiger charge is 2.10. The fraction of sp³-hybridized carbons (Fsp3) is 0.182. The normalized spacial score (nSPS) is 10.6. The van der Waals surface area contributed by atoms with Crippen LogP contribution in [0.25, 0.3) is 0 Å². The second-order valence-corrected chi connectivity index (χ2v) is 4.53. The summed E-state index contributed by atoms with van der Waals surface area (Å²) >= 11 is 11.8. The van der Waals surface area contributed by atoms with Crippen LogP contribution in [0.15, 0.2) is 24.4 Å². The van der Waals surface area contributed by atoms with E-state index in [1.165, 1.54) is 10.9 Å². The number of carboxylic acid groups (broad SMARTS) is 1. The third kappa shape index (κ3) is 3.00. The quantitative estimate of drug-likeness (QED) is 0.936. The first-order valence-electron chi connectivity index (χ1n) is 5.09. The second kappa shape index (κ2) is 5.37. The highest BCUT2D eigenvalue weighted by atomic mass is 35.5. The number of carbonyl (C=O) groups is 1. The summed E-state index contributed by atoms with van der Waals surface area (Å²) in [6.07, 6.45) is 1.30. The third-order valence-electron chi connectivity index (χ3n) is 2.37. The summed E-state index contributed by atoms with van der Waals surface area (Å²) in [5.74, 6) is -0.930. The maximum Gasteiger partial charge on any atom is 0.309 e. The van der Waals surface area contributed by atoms with Crippen LogP contribution >= 0.6 is 23.2 Å². The summed E-state index contributed by atoms with van der Waals surface area (Å²) in [5, 5.41) is 17.4. The molecule has 1 N–H and O–H groups in total. The van der Waals surface area contributed by atoms with Gasteiger partial charge in [-0.1, -0.05) is 34.5 Å². The van der Waals surface area contributed by atoms with Crippen LogP contribution in [0.1, 0.15) is 11.3 Å². The third-order valence-corrected chi connectivity index (χ3v) is 2.95. The molecule has 0 saturated heterocycles. The smallest absolute Gasteiger partial charge is 0.309 e. The predicted octanol–water partition coefficient (Wildman–Crippen LogP) is 2.26. The van der Waals surface area contributed by atoms with E-state index in [1.807, 2.05) is 0 Å². The molecule has 0 radical (unpaired) electrons. The van der Waals surface area contributed by atoms with E-state index in [2.05, 4.69) is 10.3 Å². The molecule has 0 amide bonds. The van der Waals surface area contributed by atoms with Gasteiger partial charge in [0.05, 0.1) is 24.9 Å². The molecule has 0 aliphatic rings. The van der Waals surface area contributed by atoms with Gasteiger partial charge in [0.1, 0.15) is 0 Å². The molecule has 94 valence electrons. The molecule has 0 aliphatic carbocycles. The van der Waals surface area contributed by atoms with Crippen molar-refractivity contribution < 1.29 is 9.90 Å². The van der Waals surface area contributed by atoms with Gasteiger partial charge >= 0.3 is 5.97 Å². The Morgan fingerprint density at radius 3 is 2.83 bits per heavy atom. The molecule has 0 spiro atoms. The van der Waals surface area contributed by atoms with Crippen molar-refractivity contribution in [3.63, 3.8) is 0 Å². The van der Waals surface area contributed by atoms with Crippen molar-refractivity contribution >= 4 is 29.2 Å². The lowest BCUT2D eigenvalue weighted by atomic mass is 10.2. The molecule has 2 aromatic rings. The van der Waals surface area contributed by atoms with Crippen LogP contribution in [-0.2, 0) is 17.8 Å². The zero-order valence-electron chi connectivity index (χ0n) is 9.18. The number of aliphatic carboxylic acids is 1. The summed E-state index contributed by atoms with van der Waals surface area (Å²) in [6.45, 7) is 0.360. The molecule has 0 saturated carbocycles. The van der Waals surface area contributed by atoms with Crippen molar-refractivity contribution in [2.75, 3.05) is 0 Å². The minimum absolute atomic E-state index is 0.127. The number of benzene rings is 1. The van der Waals surface area contributed by atoms with Gasteiger partial charge in [-0.2, -0.15) is 0 Å². The van der Waals surface area contributed by atoms with Crippen molar-refractivity contribution in [3.8, 4) is 0 Å². The van der Waals surface area contributed by atoms with Crippen molar-refractivity contribution in [2.45, 2.75) is 13.0 Å². The zero-order valence-corrected chi connectivity index (χ0v) is 10.7. The lowest BCUT2D eigenvalue weighted by molar-refractivity contribution is -0.136. The highest BCUT2D eigenvalue weighted by molar-refractivity contribution is 6.35. The van der Waals surface area contributed by atoms with Gasteiger partial charge < -0.3 is 5.11 Å². The Morgan fingerprint density at radius 2 is 2.17 bits per heavy atom. The molecule has 1 aromatic heterocycles. The number of halogens is 2. The van der Waals surface area contributed by atoms with Gasteiger partial charge in [0.25, 0.3) is 0 Å². The Hall–Kier alpha value is -1.59. The molecule has 7 heteroatoms. The lowest BCUT2D eigenvalue weighted by Gasteiger charge is -2.07. The van der Waals surface area contributed by atoms with Crippen LogP contribution in [0.5, 0.6) is 0 Å². The van der Waals surface area contributed by atoms with Crippen molar-refractivity contribution in [1.82, 2.24) is 15.0 Å². The molecule has 0 aliphatic heterocycles. The molecule has 18 heavy (non-hydrogen) atoms. The van der Waals surface area contributed by atoms with E-state index in [9.17, 15) is 4.79 Å². The van der Waals surface area contributed by atoms with Gasteiger partial charge in [-0.05, 0) is 17.7 Å². The zero-order chi connectivity index (χ0) is 13.1. The average Bonchev–Trinajstić information content (AvgIpc) is 2.69. The molecule has 0 unspecified atom stereocenters. The maximum atomic E-state index is 10.7. The molecular weight excluding hydrogens is 277 g/mol. The number of carboxylic acids is 1. The number of aromatic nitrogens is 3. The van der Waals surface area contributed by atoms with Crippen LogP contribution < -0.4 is 0 Å². The molecule has 2 rings (SSSR count). The van der Waals surface area contributed by atoms with Gasteiger partial charge in [0.2, 0.25) is 0 Å². The summed E-state index contributed by atoms with van der Waals surface area (Å²) in [4.78, 5) is 10.7. The summed E-state index contributed by atoms with van der Waals surface area (Å²) < 4.78 is 1.50. The standard InChI is InChI=1S/C11H9Cl2N3O2/c12-8-2-1-7(10(13)3-8)6-16-9(4-11(17)18)5-14-15-16/h1-3,5H,4,6H2,(H,17,18). The number of hydrogen-bond acceptors (Lipinski definition) is 3. The van der Waals surface area contributed by atoms with Crippen molar-refractivity contribution in [1.29, 1.82) is 0 Å².